The summed E-state index contributed by atoms with van der Waals surface area (Å²) in [6.45, 7) is -0.348. The number of anilines is 1. The van der Waals surface area contributed by atoms with Gasteiger partial charge < -0.3 is 45.8 Å². The monoisotopic (exact) mass is 584 g/mol. The Morgan fingerprint density at radius 3 is 2.29 bits per heavy atom. The number of nitrogens with two attached hydrogens (primary N) is 2. The Labute approximate surface area is 201 Å². The van der Waals surface area contributed by atoms with E-state index in [1.54, 1.807) is 0 Å². The van der Waals surface area contributed by atoms with Crippen LogP contribution in [0.5, 0.6) is 0 Å². The molecule has 10 N–H and O–H groups in total. The van der Waals surface area contributed by atoms with Crippen molar-refractivity contribution < 1.29 is 61.4 Å². The van der Waals surface area contributed by atoms with Crippen LogP contribution in [0.2, 0.25) is 0 Å². The van der Waals surface area contributed by atoms with Crippen molar-refractivity contribution in [1.82, 2.24) is 19.5 Å². The summed E-state index contributed by atoms with van der Waals surface area (Å²) >= 11 is 3.80. The van der Waals surface area contributed by atoms with Gasteiger partial charge in [0.05, 0.1) is 12.9 Å². The summed E-state index contributed by atoms with van der Waals surface area (Å²) in [4.78, 5) is 56.5. The molecule has 0 amide bonds. The van der Waals surface area contributed by atoms with Crippen LogP contribution in [0.4, 0.5) is 5.82 Å². The van der Waals surface area contributed by atoms with E-state index in [1.807, 2.05) is 0 Å². The number of rotatable bonds is 9. The Morgan fingerprint density at radius 2 is 1.74 bits per heavy atom. The lowest BCUT2D eigenvalue weighted by molar-refractivity contribution is -0.0501. The van der Waals surface area contributed by atoms with E-state index in [9.17, 15) is 23.7 Å². The van der Waals surface area contributed by atoms with E-state index in [2.05, 4.69) is 40.9 Å². The third kappa shape index (κ3) is 8.78. The number of hydrogen-bond acceptors (Lipinski definition) is 14. The first-order valence-electron chi connectivity index (χ1n) is 9.14. The minimum atomic E-state index is -5.42. The number of hydrogen-bond donors (Lipinski definition) is 9. The smallest absolute Gasteiger partial charge is 0.386 e. The molecule has 0 saturated carbocycles. The number of imidazole rings is 1. The SMILES string of the molecule is NCCS.Nc1ncnc2c1ncn2[C@@H]1O[C@H](COP(=O)(O)OP(=O)(O)O)[C@@H](OP(=O)(O)O)[C@H]1O. The third-order valence-electron chi connectivity index (χ3n) is 3.97. The molecule has 0 aliphatic carbocycles. The van der Waals surface area contributed by atoms with Gasteiger partial charge in [-0.3, -0.25) is 13.6 Å². The van der Waals surface area contributed by atoms with Crippen molar-refractivity contribution in [3.63, 3.8) is 0 Å². The van der Waals surface area contributed by atoms with Crippen LogP contribution < -0.4 is 11.5 Å². The lowest BCUT2D eigenvalue weighted by Gasteiger charge is -2.21. The minimum absolute atomic E-state index is 0.00468. The Hall–Kier alpha value is -1.05. The Morgan fingerprint density at radius 1 is 1.11 bits per heavy atom. The van der Waals surface area contributed by atoms with E-state index in [0.717, 1.165) is 23.0 Å². The van der Waals surface area contributed by atoms with Crippen LogP contribution in [0.15, 0.2) is 12.7 Å². The normalized spacial score (nSPS) is 24.7. The fourth-order valence-electron chi connectivity index (χ4n) is 2.75. The molecule has 35 heavy (non-hydrogen) atoms. The van der Waals surface area contributed by atoms with Crippen LogP contribution in [0.1, 0.15) is 6.23 Å². The van der Waals surface area contributed by atoms with Crippen molar-refractivity contribution in [2.24, 2.45) is 5.73 Å². The summed E-state index contributed by atoms with van der Waals surface area (Å²) < 4.78 is 52.8. The number of phosphoric acid groups is 3. The molecule has 0 radical (unpaired) electrons. The summed E-state index contributed by atoms with van der Waals surface area (Å²) in [7, 11) is -15.9. The number of aliphatic hydroxyl groups excluding tert-OH is 1. The summed E-state index contributed by atoms with van der Waals surface area (Å²) in [5.41, 5.74) is 10.8. The van der Waals surface area contributed by atoms with Crippen LogP contribution >= 0.6 is 36.1 Å². The second-order valence-electron chi connectivity index (χ2n) is 6.55. The van der Waals surface area contributed by atoms with E-state index in [-0.39, 0.29) is 17.0 Å². The maximum Gasteiger partial charge on any atom is 0.481 e. The van der Waals surface area contributed by atoms with Crippen LogP contribution in [0.25, 0.3) is 11.2 Å². The Kier molecular flexibility index (Phi) is 10.3. The molecule has 5 atom stereocenters. The molecule has 1 aliphatic heterocycles. The average molecular weight is 584 g/mol. The summed E-state index contributed by atoms with van der Waals surface area (Å²) in [6, 6.07) is 0. The molecule has 1 unspecified atom stereocenters. The highest BCUT2D eigenvalue weighted by atomic mass is 32.1. The van der Waals surface area contributed by atoms with Crippen molar-refractivity contribution in [2.45, 2.75) is 24.5 Å². The van der Waals surface area contributed by atoms with Gasteiger partial charge in [-0.2, -0.15) is 16.9 Å². The molecule has 1 fully saturated rings. The molecule has 19 nitrogen and oxygen atoms in total. The quantitative estimate of drug-likeness (QED) is 0.116. The van der Waals surface area contributed by atoms with Crippen LogP contribution in [0.3, 0.4) is 0 Å². The van der Waals surface area contributed by atoms with Crippen LogP contribution in [-0.2, 0) is 31.8 Å². The van der Waals surface area contributed by atoms with Crippen molar-refractivity contribution in [3.05, 3.63) is 12.7 Å². The van der Waals surface area contributed by atoms with E-state index >= 15 is 0 Å². The first-order valence-corrected chi connectivity index (χ1v) is 14.3. The Balaban J connectivity index is 0.00000100. The number of aromatic nitrogens is 4. The second-order valence-corrected chi connectivity index (χ2v) is 11.0. The zero-order valence-corrected chi connectivity index (χ0v) is 20.9. The number of fused-ring (bicyclic) bond motifs is 1. The summed E-state index contributed by atoms with van der Waals surface area (Å²) in [5.74, 6) is 0.787. The maximum atomic E-state index is 11.6. The molecule has 1 saturated heterocycles. The predicted molar refractivity (Wildman–Crippen MR) is 118 cm³/mol. The van der Waals surface area contributed by atoms with Gasteiger partial charge in [-0.05, 0) is 0 Å². The number of phosphoric ester groups is 2. The van der Waals surface area contributed by atoms with Gasteiger partial charge in [-0.15, -0.1) is 0 Å². The van der Waals surface area contributed by atoms with Gasteiger partial charge in [0.15, 0.2) is 17.7 Å². The largest absolute Gasteiger partial charge is 0.481 e. The minimum Gasteiger partial charge on any atom is -0.386 e. The van der Waals surface area contributed by atoms with E-state index < -0.39 is 54.6 Å². The number of aliphatic hydroxyl groups is 1. The highest BCUT2D eigenvalue weighted by Gasteiger charge is 2.50. The van der Waals surface area contributed by atoms with Crippen molar-refractivity contribution in [2.75, 3.05) is 24.6 Å². The standard InChI is InChI=1S/C10H16N5O13P3.C2H7NS/c11-8-5-9(13-2-12-8)15(3-14-5)10-6(16)7(27-29(17,18)19)4(26-10)1-25-31(23,24)28-30(20,21)22;3-1-2-4/h2-4,6-7,10,16H,1H2,(H,23,24)(H2,11,12,13)(H2,17,18,19)(H2,20,21,22);4H,1-3H2/t4-,6-,7-,10-;/m1./s1. The zero-order chi connectivity index (χ0) is 26.6. The average Bonchev–Trinajstić information content (AvgIpc) is 3.27. The summed E-state index contributed by atoms with van der Waals surface area (Å²) in [6.07, 6.45) is -4.46. The van der Waals surface area contributed by atoms with Crippen LogP contribution in [-0.4, -0.2) is 86.3 Å². The number of thiol groups is 1. The molecule has 3 heterocycles. The molecule has 2 aromatic rings. The van der Waals surface area contributed by atoms with Crippen molar-refractivity contribution in [1.29, 1.82) is 0 Å². The molecule has 0 spiro atoms. The van der Waals surface area contributed by atoms with Gasteiger partial charge in [0.1, 0.15) is 30.2 Å². The third-order valence-corrected chi connectivity index (χ3v) is 6.90. The van der Waals surface area contributed by atoms with Crippen LogP contribution in [0, 0.1) is 0 Å². The lowest BCUT2D eigenvalue weighted by atomic mass is 10.1. The summed E-state index contributed by atoms with van der Waals surface area (Å²) in [5, 5.41) is 10.5. The Bertz CT molecular complexity index is 1140. The van der Waals surface area contributed by atoms with Gasteiger partial charge in [-0.1, -0.05) is 0 Å². The van der Waals surface area contributed by atoms with Gasteiger partial charge >= 0.3 is 23.5 Å². The number of nitrogens with zero attached hydrogens (tertiary/aromatic N) is 4. The topological polar surface area (TPSA) is 305 Å². The van der Waals surface area contributed by atoms with Gasteiger partial charge in [0.2, 0.25) is 0 Å². The molecule has 0 aromatic carbocycles. The number of nitrogen functional groups attached to an aromatic ring is 1. The first kappa shape index (κ1) is 30.2. The fourth-order valence-corrected chi connectivity index (χ4v) is 4.93. The van der Waals surface area contributed by atoms with E-state index in [1.165, 1.54) is 0 Å². The second kappa shape index (κ2) is 12.0. The van der Waals surface area contributed by atoms with E-state index in [4.69, 9.17) is 35.8 Å². The molecule has 23 heteroatoms. The molecule has 200 valence electrons. The van der Waals surface area contributed by atoms with Crippen molar-refractivity contribution >= 4 is 53.1 Å². The predicted octanol–water partition coefficient (Wildman–Crippen LogP) is -1.75. The molecule has 3 rings (SSSR count). The van der Waals surface area contributed by atoms with Gasteiger partial charge in [-0.25, -0.2) is 28.6 Å². The lowest BCUT2D eigenvalue weighted by Crippen LogP contribution is -2.35. The van der Waals surface area contributed by atoms with Crippen molar-refractivity contribution in [3.8, 4) is 0 Å². The van der Waals surface area contributed by atoms with Gasteiger partial charge in [0, 0.05) is 12.3 Å². The van der Waals surface area contributed by atoms with E-state index in [0.29, 0.717) is 6.54 Å². The molecular weight excluding hydrogens is 561 g/mol. The first-order chi connectivity index (χ1) is 16.1. The highest BCUT2D eigenvalue weighted by Crippen LogP contribution is 2.58. The number of ether oxygens (including phenoxy) is 1. The maximum absolute atomic E-state index is 11.6. The van der Waals surface area contributed by atoms with Gasteiger partial charge in [0.25, 0.3) is 0 Å². The fraction of sp³-hybridized carbons (Fsp3) is 0.583. The zero-order valence-electron chi connectivity index (χ0n) is 17.4. The molecule has 2 aromatic heterocycles. The molecule has 0 bridgehead atoms. The molecule has 1 aliphatic rings. The molecular formula is C12H23N6O13P3S. The highest BCUT2D eigenvalue weighted by molar-refractivity contribution is 7.80.